The van der Waals surface area contributed by atoms with Crippen molar-refractivity contribution in [3.63, 3.8) is 0 Å². The number of nitrogens with one attached hydrogen (secondary N) is 2. The summed E-state index contributed by atoms with van der Waals surface area (Å²) in [4.78, 5) is 10.9. The molecule has 3 N–H and O–H groups in total. The number of hydrazine groups is 1. The van der Waals surface area contributed by atoms with Crippen molar-refractivity contribution >= 4 is 28.9 Å². The Balaban J connectivity index is 1.72. The number of carboxylic acid groups (broad SMARTS) is 1. The third kappa shape index (κ3) is 4.20. The van der Waals surface area contributed by atoms with Crippen molar-refractivity contribution in [1.29, 1.82) is 0 Å². The lowest BCUT2D eigenvalue weighted by Crippen LogP contribution is -2.15. The Bertz CT molecular complexity index is 1240. The Labute approximate surface area is 192 Å². The van der Waals surface area contributed by atoms with E-state index in [-0.39, 0.29) is 5.82 Å². The number of fused-ring (bicyclic) bond motifs is 1. The molecule has 0 unspecified atom stereocenters. The fourth-order valence-electron chi connectivity index (χ4n) is 4.62. The number of hydrogen-bond donors (Lipinski definition) is 3. The molecule has 2 aliphatic rings. The van der Waals surface area contributed by atoms with Crippen LogP contribution in [0, 0.1) is 11.7 Å². The number of halogens is 1. The Morgan fingerprint density at radius 2 is 1.73 bits per heavy atom. The second-order valence-electron chi connectivity index (χ2n) is 8.51. The van der Waals surface area contributed by atoms with Crippen LogP contribution in [-0.2, 0) is 11.3 Å². The molecular formula is C28H25FN2O2. The molecule has 0 radical (unpaired) electrons. The summed E-state index contributed by atoms with van der Waals surface area (Å²) in [6.45, 7) is 0.436. The lowest BCUT2D eigenvalue weighted by Gasteiger charge is -2.32. The van der Waals surface area contributed by atoms with E-state index in [0.717, 1.165) is 46.9 Å². The van der Waals surface area contributed by atoms with Crippen molar-refractivity contribution in [1.82, 2.24) is 5.43 Å². The zero-order valence-electron chi connectivity index (χ0n) is 18.1. The summed E-state index contributed by atoms with van der Waals surface area (Å²) in [6, 6.07) is 21.7. The first-order chi connectivity index (χ1) is 16.1. The SMILES string of the molecule is O=C(O)/C=C/c1ccc(/C(=C(\c2ccccc2)C2CCC2)c2ccc3c(c2F)CNN3)cc1. The molecule has 1 aliphatic heterocycles. The number of aliphatic carboxylic acids is 1. The maximum Gasteiger partial charge on any atom is 0.328 e. The largest absolute Gasteiger partial charge is 0.478 e. The van der Waals surface area contributed by atoms with Gasteiger partial charge in [-0.1, -0.05) is 61.0 Å². The first-order valence-electron chi connectivity index (χ1n) is 11.2. The van der Waals surface area contributed by atoms with E-state index < -0.39 is 5.97 Å². The van der Waals surface area contributed by atoms with Crippen molar-refractivity contribution < 1.29 is 14.3 Å². The molecule has 0 saturated heterocycles. The fraction of sp³-hybridized carbons (Fsp3) is 0.179. The Morgan fingerprint density at radius 1 is 0.970 bits per heavy atom. The molecule has 166 valence electrons. The van der Waals surface area contributed by atoms with Crippen LogP contribution in [0.15, 0.2) is 72.8 Å². The Kier molecular flexibility index (Phi) is 5.80. The van der Waals surface area contributed by atoms with E-state index in [4.69, 9.17) is 5.11 Å². The maximum atomic E-state index is 15.9. The molecule has 3 aromatic rings. The molecule has 0 bridgehead atoms. The van der Waals surface area contributed by atoms with E-state index in [1.54, 1.807) is 6.08 Å². The van der Waals surface area contributed by atoms with Crippen LogP contribution in [0.2, 0.25) is 0 Å². The van der Waals surface area contributed by atoms with Gasteiger partial charge in [0.05, 0.1) is 5.69 Å². The predicted molar refractivity (Wildman–Crippen MR) is 130 cm³/mol. The normalized spacial score (nSPS) is 16.2. The van der Waals surface area contributed by atoms with Crippen LogP contribution in [0.5, 0.6) is 0 Å². The predicted octanol–water partition coefficient (Wildman–Crippen LogP) is 6.11. The van der Waals surface area contributed by atoms with E-state index in [2.05, 4.69) is 23.0 Å². The first-order valence-corrected chi connectivity index (χ1v) is 11.2. The molecule has 1 saturated carbocycles. The van der Waals surface area contributed by atoms with Crippen LogP contribution < -0.4 is 10.9 Å². The second kappa shape index (κ2) is 9.04. The molecule has 33 heavy (non-hydrogen) atoms. The van der Waals surface area contributed by atoms with Crippen LogP contribution in [0.3, 0.4) is 0 Å². The topological polar surface area (TPSA) is 61.4 Å². The number of benzene rings is 3. The molecule has 0 spiro atoms. The molecule has 1 heterocycles. The molecular weight excluding hydrogens is 415 g/mol. The van der Waals surface area contributed by atoms with Gasteiger partial charge in [-0.2, -0.15) is 0 Å². The van der Waals surface area contributed by atoms with Gasteiger partial charge in [-0.05, 0) is 64.8 Å². The molecule has 1 fully saturated rings. The summed E-state index contributed by atoms with van der Waals surface area (Å²) in [6.07, 6.45) is 6.03. The van der Waals surface area contributed by atoms with Crippen LogP contribution in [0.1, 0.15) is 47.1 Å². The van der Waals surface area contributed by atoms with Gasteiger partial charge < -0.3 is 10.5 Å². The highest BCUT2D eigenvalue weighted by Gasteiger charge is 2.29. The molecule has 0 aromatic heterocycles. The van der Waals surface area contributed by atoms with E-state index in [1.807, 2.05) is 54.6 Å². The summed E-state index contributed by atoms with van der Waals surface area (Å²) >= 11 is 0. The highest BCUT2D eigenvalue weighted by Crippen LogP contribution is 2.46. The first kappa shape index (κ1) is 21.2. The quantitative estimate of drug-likeness (QED) is 0.320. The van der Waals surface area contributed by atoms with Gasteiger partial charge in [0.15, 0.2) is 0 Å². The van der Waals surface area contributed by atoms with Crippen LogP contribution in [0.25, 0.3) is 17.2 Å². The zero-order valence-corrected chi connectivity index (χ0v) is 18.1. The number of rotatable bonds is 6. The summed E-state index contributed by atoms with van der Waals surface area (Å²) in [5, 5.41) is 8.92. The van der Waals surface area contributed by atoms with E-state index in [0.29, 0.717) is 23.6 Å². The number of carbonyl (C=O) groups is 1. The van der Waals surface area contributed by atoms with Gasteiger partial charge in [0.1, 0.15) is 5.82 Å². The van der Waals surface area contributed by atoms with E-state index in [9.17, 15) is 4.79 Å². The minimum atomic E-state index is -0.988. The summed E-state index contributed by atoms with van der Waals surface area (Å²) in [5.74, 6) is -0.820. The van der Waals surface area contributed by atoms with Crippen molar-refractivity contribution in [2.24, 2.45) is 5.92 Å². The number of anilines is 1. The van der Waals surface area contributed by atoms with Gasteiger partial charge in [0, 0.05) is 23.7 Å². The van der Waals surface area contributed by atoms with Crippen molar-refractivity contribution in [2.75, 3.05) is 5.43 Å². The summed E-state index contributed by atoms with van der Waals surface area (Å²) < 4.78 is 15.9. The molecule has 0 atom stereocenters. The molecule has 3 aromatic carbocycles. The standard InChI is InChI=1S/C28H25FN2O2/c29-28-22(14-15-24-23(28)17-30-31-24)27(21-12-9-18(10-13-21)11-16-25(32)33)26(20-7-4-8-20)19-5-2-1-3-6-19/h1-3,5-6,9-16,20,30-31H,4,7-8,17H2,(H,32,33)/b16-11+,27-26-. The lowest BCUT2D eigenvalue weighted by molar-refractivity contribution is -0.131. The monoisotopic (exact) mass is 440 g/mol. The Morgan fingerprint density at radius 3 is 2.39 bits per heavy atom. The molecule has 4 nitrogen and oxygen atoms in total. The molecule has 5 rings (SSSR count). The average molecular weight is 441 g/mol. The van der Waals surface area contributed by atoms with Crippen molar-refractivity contribution in [2.45, 2.75) is 25.8 Å². The number of carboxylic acids is 1. The fourth-order valence-corrected chi connectivity index (χ4v) is 4.62. The van der Waals surface area contributed by atoms with Crippen LogP contribution in [0.4, 0.5) is 10.1 Å². The van der Waals surface area contributed by atoms with Gasteiger partial charge in [-0.3, -0.25) is 0 Å². The van der Waals surface area contributed by atoms with Gasteiger partial charge in [0.25, 0.3) is 0 Å². The third-order valence-electron chi connectivity index (χ3n) is 6.49. The van der Waals surface area contributed by atoms with Gasteiger partial charge in [-0.25, -0.2) is 14.6 Å². The van der Waals surface area contributed by atoms with Gasteiger partial charge >= 0.3 is 5.97 Å². The van der Waals surface area contributed by atoms with Gasteiger partial charge in [0.2, 0.25) is 0 Å². The summed E-state index contributed by atoms with van der Waals surface area (Å²) in [5.41, 5.74) is 13.0. The second-order valence-corrected chi connectivity index (χ2v) is 8.51. The molecule has 0 amide bonds. The van der Waals surface area contributed by atoms with Crippen LogP contribution >= 0.6 is 0 Å². The highest BCUT2D eigenvalue weighted by molar-refractivity contribution is 6.00. The minimum absolute atomic E-state index is 0.206. The van der Waals surface area contributed by atoms with Crippen molar-refractivity contribution in [3.8, 4) is 0 Å². The smallest absolute Gasteiger partial charge is 0.328 e. The van der Waals surface area contributed by atoms with Crippen molar-refractivity contribution in [3.05, 3.63) is 106 Å². The number of allylic oxidation sites excluding steroid dienone is 1. The average Bonchev–Trinajstić information content (AvgIpc) is 3.28. The highest BCUT2D eigenvalue weighted by atomic mass is 19.1. The molecule has 1 aliphatic carbocycles. The van der Waals surface area contributed by atoms with E-state index in [1.165, 1.54) is 12.0 Å². The maximum absolute atomic E-state index is 15.9. The van der Waals surface area contributed by atoms with Gasteiger partial charge in [-0.15, -0.1) is 0 Å². The van der Waals surface area contributed by atoms with E-state index >= 15 is 4.39 Å². The van der Waals surface area contributed by atoms with Crippen LogP contribution in [-0.4, -0.2) is 11.1 Å². The zero-order chi connectivity index (χ0) is 22.8. The third-order valence-corrected chi connectivity index (χ3v) is 6.49. The lowest BCUT2D eigenvalue weighted by atomic mass is 9.73. The summed E-state index contributed by atoms with van der Waals surface area (Å²) in [7, 11) is 0. The minimum Gasteiger partial charge on any atom is -0.478 e. The number of hydrogen-bond acceptors (Lipinski definition) is 3. The Hall–Kier alpha value is -3.70. The molecule has 5 heteroatoms.